The topological polar surface area (TPSA) is 130 Å². The third-order valence-electron chi connectivity index (χ3n) is 7.26. The Labute approximate surface area is 230 Å². The molecule has 0 atom stereocenters. The molecule has 0 saturated heterocycles. The Morgan fingerprint density at radius 2 is 1.93 bits per heavy atom. The van der Waals surface area contributed by atoms with E-state index in [9.17, 15) is 14.9 Å². The van der Waals surface area contributed by atoms with Crippen LogP contribution in [-0.4, -0.2) is 44.8 Å². The number of nitrogens with two attached hydrogens (primary N) is 1. The quantitative estimate of drug-likeness (QED) is 0.322. The summed E-state index contributed by atoms with van der Waals surface area (Å²) in [4.78, 5) is 35.2. The van der Waals surface area contributed by atoms with Crippen LogP contribution in [0.2, 0.25) is 0 Å². The van der Waals surface area contributed by atoms with Crippen LogP contribution in [0, 0.1) is 22.6 Å². The number of amides is 2. The number of aryl methyl sites for hydroxylation is 1. The highest BCUT2D eigenvalue weighted by Crippen LogP contribution is 2.45. The Morgan fingerprint density at radius 1 is 1.23 bits per heavy atom. The molecule has 2 heterocycles. The minimum Gasteiger partial charge on any atom is -0.383 e. The van der Waals surface area contributed by atoms with Gasteiger partial charge in [-0.2, -0.15) is 5.26 Å². The van der Waals surface area contributed by atoms with E-state index in [1.54, 1.807) is 66.9 Å². The highest BCUT2D eigenvalue weighted by Gasteiger charge is 2.44. The van der Waals surface area contributed by atoms with Crippen LogP contribution in [0.3, 0.4) is 0 Å². The third kappa shape index (κ3) is 4.66. The molecular weight excluding hydrogens is 509 g/mol. The number of aromatic nitrogens is 3. The normalized spacial score (nSPS) is 13.5. The lowest BCUT2D eigenvalue weighted by Gasteiger charge is -2.20. The molecule has 0 spiro atoms. The van der Waals surface area contributed by atoms with Gasteiger partial charge < -0.3 is 20.5 Å². The van der Waals surface area contributed by atoms with Crippen molar-refractivity contribution < 1.29 is 14.0 Å². The van der Waals surface area contributed by atoms with Crippen molar-refractivity contribution in [1.29, 1.82) is 5.26 Å². The maximum Gasteiger partial charge on any atom is 0.253 e. The Bertz CT molecular complexity index is 1730. The summed E-state index contributed by atoms with van der Waals surface area (Å²) >= 11 is 0. The molecular formula is C30H28FN7O2. The molecule has 0 unspecified atom stereocenters. The van der Waals surface area contributed by atoms with E-state index >= 15 is 4.39 Å². The summed E-state index contributed by atoms with van der Waals surface area (Å²) in [6.07, 6.45) is 2.94. The SMILES string of the molecule is C=C(C)C(=O)Nc1ccc(-c2c(-c3ccc(C(=O)N(C)CC4(C#N)CC4)cc3)c3c(N)ncnc3n2C)c(F)c1. The molecule has 0 aliphatic heterocycles. The van der Waals surface area contributed by atoms with Gasteiger partial charge in [0.25, 0.3) is 11.8 Å². The number of hydrogen-bond acceptors (Lipinski definition) is 6. The van der Waals surface area contributed by atoms with Crippen molar-refractivity contribution in [2.24, 2.45) is 12.5 Å². The van der Waals surface area contributed by atoms with Crippen molar-refractivity contribution in [3.8, 4) is 28.5 Å². The number of halogens is 1. The second-order valence-electron chi connectivity index (χ2n) is 10.3. The molecule has 1 aliphatic rings. The fourth-order valence-corrected chi connectivity index (χ4v) is 4.88. The van der Waals surface area contributed by atoms with E-state index < -0.39 is 17.1 Å². The van der Waals surface area contributed by atoms with E-state index in [4.69, 9.17) is 5.73 Å². The van der Waals surface area contributed by atoms with Gasteiger partial charge >= 0.3 is 0 Å². The van der Waals surface area contributed by atoms with E-state index in [2.05, 4.69) is 27.9 Å². The molecule has 5 rings (SSSR count). The van der Waals surface area contributed by atoms with E-state index in [0.717, 1.165) is 12.8 Å². The molecule has 10 heteroatoms. The standard InChI is InChI=1S/C30H28FN7O2/c1-17(2)28(39)36-20-9-10-21(22(31)13-20)25-23(24-26(33)34-16-35-27(24)38(25)4)18-5-7-19(8-6-18)29(40)37(3)15-30(14-32)11-12-30/h5-10,13,16H,1,11-12,15H2,2-4H3,(H,36,39)(H2,33,34,35). The number of benzene rings is 2. The van der Waals surface area contributed by atoms with Crippen LogP contribution in [0.25, 0.3) is 33.4 Å². The molecule has 2 aromatic carbocycles. The monoisotopic (exact) mass is 537 g/mol. The maximum absolute atomic E-state index is 15.6. The first-order valence-electron chi connectivity index (χ1n) is 12.7. The van der Waals surface area contributed by atoms with Gasteiger partial charge in [-0.15, -0.1) is 0 Å². The van der Waals surface area contributed by atoms with Crippen molar-refractivity contribution in [1.82, 2.24) is 19.4 Å². The lowest BCUT2D eigenvalue weighted by Crippen LogP contribution is -2.32. The summed E-state index contributed by atoms with van der Waals surface area (Å²) in [6, 6.07) is 13.7. The summed E-state index contributed by atoms with van der Waals surface area (Å²) in [5, 5.41) is 12.6. The number of fused-ring (bicyclic) bond motifs is 1. The van der Waals surface area contributed by atoms with Crippen molar-refractivity contribution in [2.45, 2.75) is 19.8 Å². The molecule has 4 aromatic rings. The number of anilines is 2. The summed E-state index contributed by atoms with van der Waals surface area (Å²) < 4.78 is 17.3. The van der Waals surface area contributed by atoms with Crippen LogP contribution in [-0.2, 0) is 11.8 Å². The predicted molar refractivity (Wildman–Crippen MR) is 151 cm³/mol. The first-order chi connectivity index (χ1) is 19.0. The first kappa shape index (κ1) is 26.6. The van der Waals surface area contributed by atoms with Crippen LogP contribution in [0.5, 0.6) is 0 Å². The number of rotatable bonds is 7. The lowest BCUT2D eigenvalue weighted by molar-refractivity contribution is -0.112. The number of carbonyl (C=O) groups excluding carboxylic acids is 2. The molecule has 1 fully saturated rings. The summed E-state index contributed by atoms with van der Waals surface area (Å²) in [7, 11) is 3.46. The largest absolute Gasteiger partial charge is 0.383 e. The van der Waals surface area contributed by atoms with Crippen molar-refractivity contribution >= 4 is 34.4 Å². The molecule has 0 radical (unpaired) electrons. The fraction of sp³-hybridized carbons (Fsp3) is 0.233. The van der Waals surface area contributed by atoms with Crippen molar-refractivity contribution in [2.75, 3.05) is 24.6 Å². The predicted octanol–water partition coefficient (Wildman–Crippen LogP) is 4.91. The number of hydrogen-bond donors (Lipinski definition) is 2. The highest BCUT2D eigenvalue weighted by molar-refractivity contribution is 6.08. The van der Waals surface area contributed by atoms with Crippen LogP contribution in [0.15, 0.2) is 60.9 Å². The molecule has 0 bridgehead atoms. The molecule has 1 aliphatic carbocycles. The van der Waals surface area contributed by atoms with E-state index in [1.165, 1.54) is 12.4 Å². The van der Waals surface area contributed by atoms with E-state index in [1.807, 2.05) is 0 Å². The van der Waals surface area contributed by atoms with Gasteiger partial charge in [0, 0.05) is 48.6 Å². The Hall–Kier alpha value is -5.04. The van der Waals surface area contributed by atoms with E-state index in [-0.39, 0.29) is 17.3 Å². The lowest BCUT2D eigenvalue weighted by atomic mass is 9.97. The van der Waals surface area contributed by atoms with Gasteiger partial charge in [0.05, 0.1) is 22.6 Å². The summed E-state index contributed by atoms with van der Waals surface area (Å²) in [6.45, 7) is 5.56. The molecule has 40 heavy (non-hydrogen) atoms. The van der Waals surface area contributed by atoms with Gasteiger partial charge in [-0.3, -0.25) is 9.59 Å². The maximum atomic E-state index is 15.6. The first-order valence-corrected chi connectivity index (χ1v) is 12.7. The molecule has 1 saturated carbocycles. The van der Waals surface area contributed by atoms with Gasteiger partial charge in [-0.25, -0.2) is 14.4 Å². The zero-order valence-corrected chi connectivity index (χ0v) is 22.5. The van der Waals surface area contributed by atoms with Crippen LogP contribution >= 0.6 is 0 Å². The molecule has 202 valence electrons. The van der Waals surface area contributed by atoms with Gasteiger partial charge in [0.1, 0.15) is 23.6 Å². The zero-order chi connectivity index (χ0) is 28.8. The average Bonchev–Trinajstić information content (AvgIpc) is 3.65. The summed E-state index contributed by atoms with van der Waals surface area (Å²) in [5.74, 6) is -0.912. The van der Waals surface area contributed by atoms with Crippen LogP contribution in [0.4, 0.5) is 15.9 Å². The highest BCUT2D eigenvalue weighted by atomic mass is 19.1. The van der Waals surface area contributed by atoms with Gasteiger partial charge in [-0.1, -0.05) is 18.7 Å². The molecule has 3 N–H and O–H groups in total. The second-order valence-corrected chi connectivity index (χ2v) is 10.3. The summed E-state index contributed by atoms with van der Waals surface area (Å²) in [5.41, 5.74) is 9.53. The van der Waals surface area contributed by atoms with Gasteiger partial charge in [-0.05, 0) is 55.7 Å². The van der Waals surface area contributed by atoms with Gasteiger partial charge in [0.15, 0.2) is 0 Å². The zero-order valence-electron chi connectivity index (χ0n) is 22.5. The van der Waals surface area contributed by atoms with Gasteiger partial charge in [0.2, 0.25) is 0 Å². The van der Waals surface area contributed by atoms with Crippen molar-refractivity contribution in [3.05, 3.63) is 72.3 Å². The number of nitrogens with one attached hydrogen (secondary N) is 1. The molecule has 9 nitrogen and oxygen atoms in total. The fourth-order valence-electron chi connectivity index (χ4n) is 4.88. The van der Waals surface area contributed by atoms with Crippen LogP contribution in [0.1, 0.15) is 30.1 Å². The number of nitrogens with zero attached hydrogens (tertiary/aromatic N) is 5. The Kier molecular flexibility index (Phi) is 6.59. The number of nitriles is 1. The minimum atomic E-state index is -0.557. The van der Waals surface area contributed by atoms with Crippen molar-refractivity contribution in [3.63, 3.8) is 0 Å². The molecule has 2 aromatic heterocycles. The minimum absolute atomic E-state index is 0.187. The smallest absolute Gasteiger partial charge is 0.253 e. The van der Waals surface area contributed by atoms with E-state index in [0.29, 0.717) is 51.2 Å². The third-order valence-corrected chi connectivity index (χ3v) is 7.26. The number of carbonyl (C=O) groups is 2. The second kappa shape index (κ2) is 9.93. The van der Waals surface area contributed by atoms with Crippen LogP contribution < -0.4 is 11.1 Å². The Morgan fingerprint density at radius 3 is 2.52 bits per heavy atom. The number of nitrogen functional groups attached to an aromatic ring is 1. The Balaban J connectivity index is 1.57. The average molecular weight is 538 g/mol. The molecule has 2 amide bonds.